The molecule has 2 aromatic rings. The molecular formula is C23H32N4O3. The minimum atomic E-state index is -0.0253. The lowest BCUT2D eigenvalue weighted by Gasteiger charge is -2.21. The van der Waals surface area contributed by atoms with Crippen molar-refractivity contribution in [3.63, 3.8) is 0 Å². The van der Waals surface area contributed by atoms with Gasteiger partial charge < -0.3 is 24.8 Å². The Morgan fingerprint density at radius 2 is 2.03 bits per heavy atom. The lowest BCUT2D eigenvalue weighted by molar-refractivity contribution is 0.288. The van der Waals surface area contributed by atoms with Crippen molar-refractivity contribution in [2.45, 2.75) is 39.3 Å². The predicted octanol–water partition coefficient (Wildman–Crippen LogP) is 3.70. The number of methoxy groups -OCH3 is 2. The van der Waals surface area contributed by atoms with Gasteiger partial charge in [0.25, 0.3) is 0 Å². The van der Waals surface area contributed by atoms with Crippen molar-refractivity contribution in [2.75, 3.05) is 27.4 Å². The Kier molecular flexibility index (Phi) is 7.76. The van der Waals surface area contributed by atoms with Crippen LogP contribution < -0.4 is 24.8 Å². The van der Waals surface area contributed by atoms with E-state index in [4.69, 9.17) is 19.2 Å². The van der Waals surface area contributed by atoms with Crippen molar-refractivity contribution >= 4 is 5.96 Å². The van der Waals surface area contributed by atoms with Gasteiger partial charge in [-0.05, 0) is 62.4 Å². The summed E-state index contributed by atoms with van der Waals surface area (Å²) in [5, 5.41) is 6.75. The molecule has 0 radical (unpaired) electrons. The first-order chi connectivity index (χ1) is 14.6. The molecule has 1 fully saturated rings. The highest BCUT2D eigenvalue weighted by Gasteiger charge is 2.22. The number of hydrogen-bond donors (Lipinski definition) is 2. The molecule has 7 heteroatoms. The van der Waals surface area contributed by atoms with Crippen LogP contribution in [0.3, 0.4) is 0 Å². The number of nitrogens with one attached hydrogen (secondary N) is 2. The Hall–Kier alpha value is -2.96. The molecule has 1 aliphatic carbocycles. The van der Waals surface area contributed by atoms with Gasteiger partial charge >= 0.3 is 0 Å². The Labute approximate surface area is 178 Å². The number of aliphatic imine (C=N–C) groups is 1. The first-order valence-electron chi connectivity index (χ1n) is 10.5. The van der Waals surface area contributed by atoms with Crippen molar-refractivity contribution in [1.29, 1.82) is 0 Å². The molecule has 1 heterocycles. The van der Waals surface area contributed by atoms with Crippen molar-refractivity contribution in [3.8, 4) is 17.4 Å². The molecule has 0 spiro atoms. The number of hydrogen-bond acceptors (Lipinski definition) is 5. The molecule has 1 unspecified atom stereocenters. The Bertz CT molecular complexity index is 852. The van der Waals surface area contributed by atoms with Gasteiger partial charge in [0.05, 0.1) is 33.4 Å². The molecule has 0 aliphatic heterocycles. The largest absolute Gasteiger partial charge is 0.497 e. The van der Waals surface area contributed by atoms with Crippen molar-refractivity contribution in [2.24, 2.45) is 10.9 Å². The quantitative estimate of drug-likeness (QED) is 0.458. The lowest BCUT2D eigenvalue weighted by Crippen LogP contribution is -2.38. The Morgan fingerprint density at radius 3 is 2.73 bits per heavy atom. The molecule has 162 valence electrons. The molecule has 0 amide bonds. The van der Waals surface area contributed by atoms with Crippen LogP contribution >= 0.6 is 0 Å². The molecule has 1 aromatic heterocycles. The topological polar surface area (TPSA) is 77.0 Å². The van der Waals surface area contributed by atoms with Gasteiger partial charge in [0.15, 0.2) is 5.96 Å². The fraction of sp³-hybridized carbons (Fsp3) is 0.478. The first-order valence-corrected chi connectivity index (χ1v) is 10.5. The highest BCUT2D eigenvalue weighted by atomic mass is 16.5. The van der Waals surface area contributed by atoms with Crippen LogP contribution in [-0.4, -0.2) is 38.3 Å². The van der Waals surface area contributed by atoms with Crippen molar-refractivity contribution < 1.29 is 14.2 Å². The van der Waals surface area contributed by atoms with Gasteiger partial charge in [-0.25, -0.2) is 9.98 Å². The van der Waals surface area contributed by atoms with Crippen LogP contribution in [-0.2, 0) is 6.54 Å². The average molecular weight is 413 g/mol. The standard InChI is InChI=1S/C23H32N4O3/c1-5-24-23(27-16(2)20-13-19(28-3)8-9-21(20)29-4)26-14-18-10-11-25-22(12-18)30-15-17-6-7-17/h8-13,16-17H,5-7,14-15H2,1-4H3,(H2,24,26,27). The van der Waals surface area contributed by atoms with Gasteiger partial charge in [-0.2, -0.15) is 0 Å². The van der Waals surface area contributed by atoms with Crippen LogP contribution in [0.2, 0.25) is 0 Å². The summed E-state index contributed by atoms with van der Waals surface area (Å²) in [7, 11) is 3.33. The van der Waals surface area contributed by atoms with E-state index < -0.39 is 0 Å². The molecule has 7 nitrogen and oxygen atoms in total. The zero-order chi connectivity index (χ0) is 21.3. The Morgan fingerprint density at radius 1 is 1.20 bits per heavy atom. The summed E-state index contributed by atoms with van der Waals surface area (Å²) in [6.45, 7) is 6.16. The van der Waals surface area contributed by atoms with Gasteiger partial charge in [0.2, 0.25) is 5.88 Å². The van der Waals surface area contributed by atoms with Gasteiger partial charge in [0, 0.05) is 24.4 Å². The molecular weight excluding hydrogens is 380 g/mol. The molecule has 1 aliphatic rings. The lowest BCUT2D eigenvalue weighted by atomic mass is 10.1. The fourth-order valence-corrected chi connectivity index (χ4v) is 3.07. The number of guanidine groups is 1. The zero-order valence-corrected chi connectivity index (χ0v) is 18.3. The van der Waals surface area contributed by atoms with E-state index in [1.54, 1.807) is 20.4 Å². The first kappa shape index (κ1) is 21.7. The number of benzene rings is 1. The van der Waals surface area contributed by atoms with Gasteiger partial charge in [-0.15, -0.1) is 0 Å². The van der Waals surface area contributed by atoms with Gasteiger partial charge in [0.1, 0.15) is 11.5 Å². The summed E-state index contributed by atoms with van der Waals surface area (Å²) in [6.07, 6.45) is 4.30. The van der Waals surface area contributed by atoms with E-state index in [-0.39, 0.29) is 6.04 Å². The maximum absolute atomic E-state index is 5.78. The second-order valence-electron chi connectivity index (χ2n) is 7.43. The zero-order valence-electron chi connectivity index (χ0n) is 18.3. The number of aromatic nitrogens is 1. The number of nitrogens with zero attached hydrogens (tertiary/aromatic N) is 2. The van der Waals surface area contributed by atoms with Crippen molar-refractivity contribution in [1.82, 2.24) is 15.6 Å². The molecule has 0 bridgehead atoms. The monoisotopic (exact) mass is 412 g/mol. The van der Waals surface area contributed by atoms with Crippen LogP contribution in [0.15, 0.2) is 41.5 Å². The smallest absolute Gasteiger partial charge is 0.213 e. The summed E-state index contributed by atoms with van der Waals surface area (Å²) in [5.74, 6) is 3.69. The van der Waals surface area contributed by atoms with E-state index in [1.807, 2.05) is 37.3 Å². The van der Waals surface area contributed by atoms with Crippen LogP contribution in [0.4, 0.5) is 0 Å². The third-order valence-corrected chi connectivity index (χ3v) is 4.98. The minimum absolute atomic E-state index is 0.0253. The fourth-order valence-electron chi connectivity index (χ4n) is 3.07. The second kappa shape index (κ2) is 10.7. The summed E-state index contributed by atoms with van der Waals surface area (Å²) >= 11 is 0. The normalized spacial score (nSPS) is 14.7. The Balaban J connectivity index is 1.67. The third kappa shape index (κ3) is 6.27. The predicted molar refractivity (Wildman–Crippen MR) is 118 cm³/mol. The number of ether oxygens (including phenoxy) is 3. The highest BCUT2D eigenvalue weighted by molar-refractivity contribution is 5.80. The molecule has 1 atom stereocenters. The van der Waals surface area contributed by atoms with Crippen LogP contribution in [0.5, 0.6) is 17.4 Å². The van der Waals surface area contributed by atoms with E-state index in [2.05, 4.69) is 22.5 Å². The van der Waals surface area contributed by atoms with Gasteiger partial charge in [-0.1, -0.05) is 0 Å². The van der Waals surface area contributed by atoms with E-state index in [0.717, 1.165) is 41.7 Å². The molecule has 30 heavy (non-hydrogen) atoms. The highest BCUT2D eigenvalue weighted by Crippen LogP contribution is 2.30. The molecule has 2 N–H and O–H groups in total. The van der Waals surface area contributed by atoms with E-state index in [9.17, 15) is 0 Å². The molecule has 1 saturated carbocycles. The summed E-state index contributed by atoms with van der Waals surface area (Å²) in [5.41, 5.74) is 2.06. The van der Waals surface area contributed by atoms with Gasteiger partial charge in [-0.3, -0.25) is 0 Å². The summed E-state index contributed by atoms with van der Waals surface area (Å²) in [6, 6.07) is 9.68. The molecule has 3 rings (SSSR count). The third-order valence-electron chi connectivity index (χ3n) is 4.98. The number of rotatable bonds is 10. The maximum Gasteiger partial charge on any atom is 0.213 e. The minimum Gasteiger partial charge on any atom is -0.497 e. The van der Waals surface area contributed by atoms with Crippen LogP contribution in [0, 0.1) is 5.92 Å². The summed E-state index contributed by atoms with van der Waals surface area (Å²) in [4.78, 5) is 9.03. The van der Waals surface area contributed by atoms with E-state index in [1.165, 1.54) is 12.8 Å². The molecule has 0 saturated heterocycles. The van der Waals surface area contributed by atoms with E-state index >= 15 is 0 Å². The van der Waals surface area contributed by atoms with Crippen LogP contribution in [0.25, 0.3) is 0 Å². The number of pyridine rings is 1. The molecule has 1 aromatic carbocycles. The van der Waals surface area contributed by atoms with E-state index in [0.29, 0.717) is 18.3 Å². The van der Waals surface area contributed by atoms with Crippen LogP contribution in [0.1, 0.15) is 43.9 Å². The maximum atomic E-state index is 5.78. The SMILES string of the molecule is CCNC(=NCc1ccnc(OCC2CC2)c1)NC(C)c1cc(OC)ccc1OC. The average Bonchev–Trinajstić information content (AvgIpc) is 3.60. The second-order valence-corrected chi connectivity index (χ2v) is 7.43. The van der Waals surface area contributed by atoms with Crippen molar-refractivity contribution in [3.05, 3.63) is 47.7 Å². The summed E-state index contributed by atoms with van der Waals surface area (Å²) < 4.78 is 16.7.